The van der Waals surface area contributed by atoms with Gasteiger partial charge in [-0.2, -0.15) is 18.2 Å². The molecule has 0 saturated heterocycles. The van der Waals surface area contributed by atoms with Crippen molar-refractivity contribution in [1.29, 1.82) is 10.8 Å². The smallest absolute Gasteiger partial charge is 0.389 e. The minimum Gasteiger partial charge on any atom is -0.398 e. The molecule has 2 rings (SSSR count). The molecule has 0 aliphatic heterocycles. The second-order valence-corrected chi connectivity index (χ2v) is 7.34. The van der Waals surface area contributed by atoms with E-state index in [2.05, 4.69) is 20.6 Å². The first-order valence-electron chi connectivity index (χ1n) is 11.3. The number of amides is 2. The number of hydrogen-bond donors (Lipinski definition) is 6. The average Bonchev–Trinajstić information content (AvgIpc) is 2.89. The van der Waals surface area contributed by atoms with Crippen LogP contribution in [-0.2, 0) is 4.79 Å². The Bertz CT molecular complexity index is 1120. The minimum atomic E-state index is -3.95. The van der Waals surface area contributed by atoms with Crippen molar-refractivity contribution in [1.82, 2.24) is 4.98 Å². The fourth-order valence-electron chi connectivity index (χ4n) is 2.37. The van der Waals surface area contributed by atoms with Gasteiger partial charge in [0.25, 0.3) is 0 Å². The van der Waals surface area contributed by atoms with Gasteiger partial charge in [-0.15, -0.1) is 0 Å². The molecule has 0 spiro atoms. The molecule has 206 valence electrons. The number of aromatic nitrogens is 1. The van der Waals surface area contributed by atoms with E-state index in [4.69, 9.17) is 22.3 Å². The number of aliphatic imine (C=N–C) groups is 1. The largest absolute Gasteiger partial charge is 0.398 e. The number of unbranched alkanes of at least 4 members (excludes halogenated alkanes) is 1. The number of anilines is 3. The van der Waals surface area contributed by atoms with Crippen LogP contribution in [0.1, 0.15) is 44.4 Å². The number of alkyl halides is 3. The molecule has 8 N–H and O–H groups in total. The summed E-state index contributed by atoms with van der Waals surface area (Å²) in [6.07, 6.45) is 0.637. The van der Waals surface area contributed by atoms with Crippen LogP contribution < -0.4 is 22.1 Å². The number of amidine groups is 1. The molecule has 0 aliphatic rings. The number of carbonyl (C=O) groups excluding carboxylic acids is 2. The SMILES string of the molecule is C/C=C(\C=N)C=O.CCCCC(F)(F)F.CNc1cccc(/C(N)=N/C(=O)Nc2ccc(N)c(C=N)c2)n1. The first-order valence-corrected chi connectivity index (χ1v) is 11.3. The summed E-state index contributed by atoms with van der Waals surface area (Å²) < 4.78 is 33.7. The number of pyridine rings is 1. The molecule has 13 heteroatoms. The zero-order valence-corrected chi connectivity index (χ0v) is 21.4. The Balaban J connectivity index is 0.000000750. The van der Waals surface area contributed by atoms with Crippen molar-refractivity contribution in [3.05, 3.63) is 59.3 Å². The lowest BCUT2D eigenvalue weighted by Gasteiger charge is -2.06. The second kappa shape index (κ2) is 17.8. The lowest BCUT2D eigenvalue weighted by atomic mass is 10.2. The summed E-state index contributed by atoms with van der Waals surface area (Å²) in [6.45, 7) is 3.46. The number of nitrogen functional groups attached to an aromatic ring is 1. The van der Waals surface area contributed by atoms with Gasteiger partial charge >= 0.3 is 12.2 Å². The summed E-state index contributed by atoms with van der Waals surface area (Å²) in [4.78, 5) is 29.6. The molecule has 0 fully saturated rings. The first-order chi connectivity index (χ1) is 17.9. The summed E-state index contributed by atoms with van der Waals surface area (Å²) in [5.41, 5.74) is 13.7. The summed E-state index contributed by atoms with van der Waals surface area (Å²) in [5, 5.41) is 19.2. The maximum absolute atomic E-state index is 11.9. The van der Waals surface area contributed by atoms with E-state index in [0.717, 1.165) is 12.4 Å². The van der Waals surface area contributed by atoms with E-state index >= 15 is 0 Å². The normalized spacial score (nSPS) is 11.1. The highest BCUT2D eigenvalue weighted by molar-refractivity contribution is 6.06. The highest BCUT2D eigenvalue weighted by atomic mass is 19.4. The van der Waals surface area contributed by atoms with Crippen LogP contribution in [0.3, 0.4) is 0 Å². The van der Waals surface area contributed by atoms with Crippen molar-refractivity contribution in [2.24, 2.45) is 10.7 Å². The zero-order chi connectivity index (χ0) is 29.1. The van der Waals surface area contributed by atoms with Crippen LogP contribution in [0.5, 0.6) is 0 Å². The third-order valence-corrected chi connectivity index (χ3v) is 4.43. The summed E-state index contributed by atoms with van der Waals surface area (Å²) >= 11 is 0. The number of nitrogens with one attached hydrogen (secondary N) is 4. The van der Waals surface area contributed by atoms with Crippen LogP contribution in [0, 0.1) is 10.8 Å². The van der Waals surface area contributed by atoms with Gasteiger partial charge in [-0.25, -0.2) is 9.78 Å². The molecule has 1 heterocycles. The molecule has 10 nitrogen and oxygen atoms in total. The minimum absolute atomic E-state index is 0.00215. The molecule has 1 aromatic heterocycles. The average molecular weight is 535 g/mol. The number of nitrogens with zero attached hydrogens (tertiary/aromatic N) is 2. The van der Waals surface area contributed by atoms with Gasteiger partial charge in [-0.3, -0.25) is 4.79 Å². The van der Waals surface area contributed by atoms with Crippen molar-refractivity contribution in [3.63, 3.8) is 0 Å². The van der Waals surface area contributed by atoms with Crippen LogP contribution in [-0.4, -0.2) is 48.8 Å². The number of urea groups is 1. The second-order valence-electron chi connectivity index (χ2n) is 7.34. The monoisotopic (exact) mass is 534 g/mol. The quantitative estimate of drug-likeness (QED) is 0.0893. The van der Waals surface area contributed by atoms with E-state index in [-0.39, 0.29) is 12.3 Å². The van der Waals surface area contributed by atoms with Gasteiger partial charge in [0.1, 0.15) is 11.5 Å². The summed E-state index contributed by atoms with van der Waals surface area (Å²) in [5.74, 6) is 0.623. The van der Waals surface area contributed by atoms with Gasteiger partial charge in [0.2, 0.25) is 0 Å². The standard InChI is InChI=1S/C15H17N7O.C5H9F3.C5H7NO/c1-19-13-4-2-3-12(21-13)14(18)22-15(23)20-10-5-6-11(17)9(7-10)8-16;1-2-3-4-5(6,7)8;1-2-5(3-6)4-7/h2-8,16H,17H2,1H3,(H,19,21)(H3,18,20,22,23);2-4H2,1H3;2-4,6H,1H3/b;;5-2+,6-3?. The molecule has 0 saturated carbocycles. The predicted octanol–water partition coefficient (Wildman–Crippen LogP) is 5.16. The lowest BCUT2D eigenvalue weighted by molar-refractivity contribution is -0.135. The van der Waals surface area contributed by atoms with Gasteiger partial charge in [-0.1, -0.05) is 25.5 Å². The molecule has 2 aromatic rings. The molecule has 2 amide bonds. The van der Waals surface area contributed by atoms with E-state index in [0.29, 0.717) is 46.7 Å². The Morgan fingerprint density at radius 3 is 2.34 bits per heavy atom. The number of nitrogens with two attached hydrogens (primary N) is 2. The maximum atomic E-state index is 11.9. The van der Waals surface area contributed by atoms with Crippen molar-refractivity contribution in [2.45, 2.75) is 39.3 Å². The third-order valence-electron chi connectivity index (χ3n) is 4.43. The van der Waals surface area contributed by atoms with E-state index in [1.54, 1.807) is 63.4 Å². The number of rotatable bonds is 8. The predicted molar refractivity (Wildman–Crippen MR) is 146 cm³/mol. The van der Waals surface area contributed by atoms with Crippen molar-refractivity contribution < 1.29 is 22.8 Å². The first kappa shape index (κ1) is 33.4. The zero-order valence-electron chi connectivity index (χ0n) is 21.4. The number of hydrogen-bond acceptors (Lipinski definition) is 7. The summed E-state index contributed by atoms with van der Waals surface area (Å²) in [6, 6.07) is 9.33. The Kier molecular flexibility index (Phi) is 15.7. The van der Waals surface area contributed by atoms with Gasteiger partial charge in [0, 0.05) is 48.4 Å². The summed E-state index contributed by atoms with van der Waals surface area (Å²) in [7, 11) is 1.73. The van der Waals surface area contributed by atoms with E-state index in [9.17, 15) is 22.8 Å². The number of benzene rings is 1. The van der Waals surface area contributed by atoms with E-state index in [1.165, 1.54) is 0 Å². The van der Waals surface area contributed by atoms with E-state index < -0.39 is 18.6 Å². The number of aldehydes is 1. The molecule has 0 unspecified atom stereocenters. The number of carbonyl (C=O) groups is 2. The Morgan fingerprint density at radius 1 is 1.21 bits per heavy atom. The molecular formula is C25H33F3N8O2. The van der Waals surface area contributed by atoms with Crippen molar-refractivity contribution in [3.8, 4) is 0 Å². The molecule has 0 aliphatic carbocycles. The van der Waals surface area contributed by atoms with Gasteiger partial charge in [-0.05, 0) is 43.7 Å². The van der Waals surface area contributed by atoms with Crippen molar-refractivity contribution >= 4 is 47.8 Å². The van der Waals surface area contributed by atoms with Crippen LogP contribution in [0.15, 0.2) is 53.0 Å². The number of halogens is 3. The molecule has 1 aromatic carbocycles. The van der Waals surface area contributed by atoms with Gasteiger partial charge in [0.05, 0.1) is 0 Å². The third kappa shape index (κ3) is 14.1. The highest BCUT2D eigenvalue weighted by Crippen LogP contribution is 2.21. The molecule has 38 heavy (non-hydrogen) atoms. The van der Waals surface area contributed by atoms with Gasteiger partial charge < -0.3 is 32.9 Å². The Hall–Kier alpha value is -4.55. The fraction of sp³-hybridized carbons (Fsp3) is 0.280. The van der Waals surface area contributed by atoms with E-state index in [1.807, 2.05) is 0 Å². The van der Waals surface area contributed by atoms with Crippen LogP contribution in [0.25, 0.3) is 0 Å². The highest BCUT2D eigenvalue weighted by Gasteiger charge is 2.25. The lowest BCUT2D eigenvalue weighted by Crippen LogP contribution is -2.20. The number of allylic oxidation sites excluding steroid dienone is 2. The Labute approximate surface area is 219 Å². The van der Waals surface area contributed by atoms with Crippen LogP contribution >= 0.6 is 0 Å². The molecule has 0 radical (unpaired) electrons. The topological polar surface area (TPSA) is 183 Å². The maximum Gasteiger partial charge on any atom is 0.389 e. The van der Waals surface area contributed by atoms with Crippen LogP contribution in [0.4, 0.5) is 35.2 Å². The fourth-order valence-corrected chi connectivity index (χ4v) is 2.37. The van der Waals surface area contributed by atoms with Crippen LogP contribution in [0.2, 0.25) is 0 Å². The van der Waals surface area contributed by atoms with Crippen molar-refractivity contribution in [2.75, 3.05) is 23.4 Å². The van der Waals surface area contributed by atoms with Gasteiger partial charge in [0.15, 0.2) is 12.1 Å². The molecule has 0 atom stereocenters. The molecular weight excluding hydrogens is 501 g/mol. The molecule has 0 bridgehead atoms. The Morgan fingerprint density at radius 2 is 1.89 bits per heavy atom.